The van der Waals surface area contributed by atoms with Crippen LogP contribution in [0.15, 0.2) is 35.7 Å². The number of amides is 2. The number of thiophene rings is 1. The average Bonchev–Trinajstić information content (AvgIpc) is 2.97. The number of halogens is 3. The molecule has 4 nitrogen and oxygen atoms in total. The lowest BCUT2D eigenvalue weighted by atomic mass is 9.97. The van der Waals surface area contributed by atoms with Crippen LogP contribution in [0.3, 0.4) is 0 Å². The van der Waals surface area contributed by atoms with E-state index in [1.54, 1.807) is 24.3 Å². The standard InChI is InChI=1S/C16H15F3N2O2S/c1-9(6-14(20)22)10-2-4-12(5-3-10)21-15(23)11-7-13(24-8-11)16(17,18)19/h2-5,7-9H,6H2,1H3,(H2,20,22)(H,21,23). The summed E-state index contributed by atoms with van der Waals surface area (Å²) in [6, 6.07) is 7.54. The zero-order chi connectivity index (χ0) is 17.9. The van der Waals surface area contributed by atoms with E-state index in [-0.39, 0.29) is 17.9 Å². The molecule has 2 amide bonds. The predicted molar refractivity (Wildman–Crippen MR) is 85.9 cm³/mol. The third-order valence-corrected chi connectivity index (χ3v) is 4.36. The first kappa shape index (κ1) is 18.0. The maximum absolute atomic E-state index is 12.5. The molecule has 0 aliphatic rings. The molecule has 0 bridgehead atoms. The van der Waals surface area contributed by atoms with E-state index in [4.69, 9.17) is 5.73 Å². The Kier molecular flexibility index (Phi) is 5.28. The van der Waals surface area contributed by atoms with Crippen LogP contribution in [-0.4, -0.2) is 11.8 Å². The summed E-state index contributed by atoms with van der Waals surface area (Å²) < 4.78 is 37.6. The number of alkyl halides is 3. The van der Waals surface area contributed by atoms with E-state index in [0.29, 0.717) is 17.0 Å². The molecule has 1 aromatic heterocycles. The zero-order valence-electron chi connectivity index (χ0n) is 12.7. The van der Waals surface area contributed by atoms with Gasteiger partial charge in [0.1, 0.15) is 4.88 Å². The Hall–Kier alpha value is -2.35. The summed E-state index contributed by atoms with van der Waals surface area (Å²) in [5.41, 5.74) is 6.44. The second kappa shape index (κ2) is 7.04. The Morgan fingerprint density at radius 1 is 1.25 bits per heavy atom. The topological polar surface area (TPSA) is 72.2 Å². The molecule has 24 heavy (non-hydrogen) atoms. The molecule has 0 fully saturated rings. The Labute approximate surface area is 140 Å². The first-order valence-corrected chi connectivity index (χ1v) is 7.90. The average molecular weight is 356 g/mol. The van der Waals surface area contributed by atoms with Crippen LogP contribution in [0.4, 0.5) is 18.9 Å². The van der Waals surface area contributed by atoms with Crippen molar-refractivity contribution >= 4 is 28.8 Å². The number of anilines is 1. The van der Waals surface area contributed by atoms with Gasteiger partial charge in [-0.1, -0.05) is 19.1 Å². The van der Waals surface area contributed by atoms with Gasteiger partial charge in [-0.2, -0.15) is 13.2 Å². The van der Waals surface area contributed by atoms with Crippen molar-refractivity contribution < 1.29 is 22.8 Å². The van der Waals surface area contributed by atoms with Gasteiger partial charge in [0, 0.05) is 17.5 Å². The third-order valence-electron chi connectivity index (χ3n) is 3.39. The summed E-state index contributed by atoms with van der Waals surface area (Å²) in [6.45, 7) is 1.85. The summed E-state index contributed by atoms with van der Waals surface area (Å²) in [5, 5.41) is 3.71. The molecule has 1 atom stereocenters. The first-order valence-electron chi connectivity index (χ1n) is 7.02. The highest BCUT2D eigenvalue weighted by atomic mass is 32.1. The van der Waals surface area contributed by atoms with E-state index in [1.807, 2.05) is 6.92 Å². The highest BCUT2D eigenvalue weighted by molar-refractivity contribution is 7.10. The number of rotatable bonds is 5. The number of hydrogen-bond acceptors (Lipinski definition) is 3. The number of primary amides is 1. The molecular formula is C16H15F3N2O2S. The fraction of sp³-hybridized carbons (Fsp3) is 0.250. The quantitative estimate of drug-likeness (QED) is 0.850. The van der Waals surface area contributed by atoms with Crippen molar-refractivity contribution in [1.29, 1.82) is 0 Å². The fourth-order valence-electron chi connectivity index (χ4n) is 2.12. The minimum Gasteiger partial charge on any atom is -0.370 e. The Morgan fingerprint density at radius 3 is 2.38 bits per heavy atom. The maximum Gasteiger partial charge on any atom is 0.425 e. The van der Waals surface area contributed by atoms with Crippen molar-refractivity contribution in [3.05, 3.63) is 51.7 Å². The van der Waals surface area contributed by atoms with Gasteiger partial charge < -0.3 is 11.1 Å². The van der Waals surface area contributed by atoms with Crippen LogP contribution in [0.2, 0.25) is 0 Å². The molecule has 0 spiro atoms. The molecule has 0 saturated carbocycles. The lowest BCUT2D eigenvalue weighted by Gasteiger charge is -2.11. The smallest absolute Gasteiger partial charge is 0.370 e. The molecule has 1 heterocycles. The molecule has 0 aliphatic carbocycles. The fourth-order valence-corrected chi connectivity index (χ4v) is 2.88. The van der Waals surface area contributed by atoms with E-state index in [2.05, 4.69) is 5.32 Å². The summed E-state index contributed by atoms with van der Waals surface area (Å²) in [4.78, 5) is 22.1. The van der Waals surface area contributed by atoms with Gasteiger partial charge >= 0.3 is 6.18 Å². The van der Waals surface area contributed by atoms with Crippen LogP contribution in [0.25, 0.3) is 0 Å². The number of benzene rings is 1. The monoisotopic (exact) mass is 356 g/mol. The van der Waals surface area contributed by atoms with Gasteiger partial charge in [-0.15, -0.1) is 11.3 Å². The molecule has 1 aromatic carbocycles. The van der Waals surface area contributed by atoms with E-state index in [1.165, 1.54) is 5.38 Å². The van der Waals surface area contributed by atoms with Crippen molar-refractivity contribution in [1.82, 2.24) is 0 Å². The summed E-state index contributed by atoms with van der Waals surface area (Å²) in [5.74, 6) is -1.07. The minimum absolute atomic E-state index is 0.0431. The normalized spacial score (nSPS) is 12.7. The van der Waals surface area contributed by atoms with Crippen molar-refractivity contribution in [3.63, 3.8) is 0 Å². The van der Waals surface area contributed by atoms with Crippen molar-refractivity contribution in [2.75, 3.05) is 5.32 Å². The molecule has 3 N–H and O–H groups in total. The van der Waals surface area contributed by atoms with Crippen LogP contribution < -0.4 is 11.1 Å². The van der Waals surface area contributed by atoms with Gasteiger partial charge in [0.2, 0.25) is 5.91 Å². The van der Waals surface area contributed by atoms with Gasteiger partial charge in [0.05, 0.1) is 5.56 Å². The highest BCUT2D eigenvalue weighted by Crippen LogP contribution is 2.34. The number of nitrogens with one attached hydrogen (secondary N) is 1. The number of nitrogens with two attached hydrogens (primary N) is 1. The zero-order valence-corrected chi connectivity index (χ0v) is 13.5. The molecule has 2 aromatic rings. The second-order valence-electron chi connectivity index (χ2n) is 5.35. The molecule has 8 heteroatoms. The maximum atomic E-state index is 12.5. The minimum atomic E-state index is -4.46. The van der Waals surface area contributed by atoms with Crippen LogP contribution in [0.1, 0.15) is 40.1 Å². The predicted octanol–water partition coefficient (Wildman–Crippen LogP) is 4.00. The highest BCUT2D eigenvalue weighted by Gasteiger charge is 2.33. The number of carbonyl (C=O) groups excluding carboxylic acids is 2. The summed E-state index contributed by atoms with van der Waals surface area (Å²) in [6.07, 6.45) is -4.25. The van der Waals surface area contributed by atoms with E-state index in [9.17, 15) is 22.8 Å². The summed E-state index contributed by atoms with van der Waals surface area (Å²) >= 11 is 0.478. The lowest BCUT2D eigenvalue weighted by Crippen LogP contribution is -2.14. The van der Waals surface area contributed by atoms with E-state index in [0.717, 1.165) is 11.6 Å². The van der Waals surface area contributed by atoms with Gasteiger partial charge in [-0.3, -0.25) is 9.59 Å². The lowest BCUT2D eigenvalue weighted by molar-refractivity contribution is -0.134. The first-order chi connectivity index (χ1) is 11.2. The molecule has 2 rings (SSSR count). The van der Waals surface area contributed by atoms with Crippen molar-refractivity contribution in [3.8, 4) is 0 Å². The van der Waals surface area contributed by atoms with E-state index < -0.39 is 22.9 Å². The van der Waals surface area contributed by atoms with Gasteiger partial charge in [-0.05, 0) is 29.7 Å². The number of hydrogen-bond donors (Lipinski definition) is 2. The van der Waals surface area contributed by atoms with Crippen LogP contribution in [0.5, 0.6) is 0 Å². The van der Waals surface area contributed by atoms with Crippen LogP contribution in [-0.2, 0) is 11.0 Å². The Balaban J connectivity index is 2.04. The molecular weight excluding hydrogens is 341 g/mol. The SMILES string of the molecule is CC(CC(N)=O)c1ccc(NC(=O)c2csc(C(F)(F)F)c2)cc1. The molecule has 1 unspecified atom stereocenters. The third kappa shape index (κ3) is 4.58. The number of carbonyl (C=O) groups is 2. The largest absolute Gasteiger partial charge is 0.425 e. The second-order valence-corrected chi connectivity index (χ2v) is 6.26. The van der Waals surface area contributed by atoms with Gasteiger partial charge in [0.25, 0.3) is 5.91 Å². The Morgan fingerprint density at radius 2 is 1.88 bits per heavy atom. The van der Waals surface area contributed by atoms with Crippen LogP contribution in [0, 0.1) is 0 Å². The van der Waals surface area contributed by atoms with Crippen LogP contribution >= 0.6 is 11.3 Å². The molecule has 0 aliphatic heterocycles. The van der Waals surface area contributed by atoms with Gasteiger partial charge in [0.15, 0.2) is 0 Å². The Bertz CT molecular complexity index is 739. The summed E-state index contributed by atoms with van der Waals surface area (Å²) in [7, 11) is 0. The molecule has 0 radical (unpaired) electrons. The van der Waals surface area contributed by atoms with Gasteiger partial charge in [-0.25, -0.2) is 0 Å². The molecule has 128 valence electrons. The van der Waals surface area contributed by atoms with Crippen molar-refractivity contribution in [2.45, 2.75) is 25.4 Å². The van der Waals surface area contributed by atoms with Crippen molar-refractivity contribution in [2.24, 2.45) is 5.73 Å². The van der Waals surface area contributed by atoms with E-state index >= 15 is 0 Å². The molecule has 0 saturated heterocycles.